The lowest BCUT2D eigenvalue weighted by Gasteiger charge is -2.33. The van der Waals surface area contributed by atoms with Crippen LogP contribution < -0.4 is 29.7 Å². The number of nitrogens with zero attached hydrogens (tertiary/aromatic N) is 3. The minimum absolute atomic E-state index is 0.00736. The number of nitrogens with one attached hydrogen (secondary N) is 3. The van der Waals surface area contributed by atoms with E-state index in [0.717, 1.165) is 17.5 Å². The number of carbonyl (C=O) groups excluding carboxylic acids is 4. The Morgan fingerprint density at radius 1 is 1.03 bits per heavy atom. The number of hydrogen-bond acceptors (Lipinski definition) is 10. The SMILES string of the molecule is COc1ccc2c(O[C@@H]3C[C@H]4C(=O)N[C@]5(C(=O)NS(=O)(=O)C6(C)CC6)C[C@H]5C=CCC[C@@H](C)C[C@@H](C)[C@H](NC(=O)c5ccc(N(C)C)cc5)C(=O)N4C3)nccc2c1. The quantitative estimate of drug-likeness (QED) is 0.264. The molecule has 14 nitrogen and oxygen atoms in total. The number of benzene rings is 2. The first-order valence-electron chi connectivity index (χ1n) is 20.1. The van der Waals surface area contributed by atoms with Crippen molar-refractivity contribution in [3.05, 3.63) is 72.4 Å². The highest BCUT2D eigenvalue weighted by Crippen LogP contribution is 2.47. The van der Waals surface area contributed by atoms with Gasteiger partial charge in [0.1, 0.15) is 29.5 Å². The van der Waals surface area contributed by atoms with Crippen molar-refractivity contribution >= 4 is 50.1 Å². The van der Waals surface area contributed by atoms with Crippen LogP contribution >= 0.6 is 0 Å². The van der Waals surface area contributed by atoms with Crippen LogP contribution in [0.2, 0.25) is 0 Å². The Balaban J connectivity index is 1.23. The minimum Gasteiger partial charge on any atom is -0.497 e. The van der Waals surface area contributed by atoms with Crippen LogP contribution in [-0.4, -0.2) is 98.2 Å². The Morgan fingerprint density at radius 3 is 2.47 bits per heavy atom. The number of pyridine rings is 1. The third kappa shape index (κ3) is 8.23. The summed E-state index contributed by atoms with van der Waals surface area (Å²) in [5.74, 6) is -1.91. The summed E-state index contributed by atoms with van der Waals surface area (Å²) < 4.78 is 39.6. The molecule has 3 fully saturated rings. The van der Waals surface area contributed by atoms with Crippen LogP contribution in [0.5, 0.6) is 11.6 Å². The number of anilines is 1. The first-order chi connectivity index (χ1) is 27.5. The van der Waals surface area contributed by atoms with Crippen molar-refractivity contribution in [2.75, 3.05) is 32.6 Å². The lowest BCUT2D eigenvalue weighted by Crippen LogP contribution is -2.59. The molecule has 0 radical (unpaired) electrons. The summed E-state index contributed by atoms with van der Waals surface area (Å²) in [6, 6.07) is 12.3. The van der Waals surface area contributed by atoms with E-state index in [1.807, 2.05) is 68.4 Å². The van der Waals surface area contributed by atoms with E-state index in [1.165, 1.54) is 4.90 Å². The van der Waals surface area contributed by atoms with E-state index in [1.54, 1.807) is 38.4 Å². The normalized spacial score (nSPS) is 28.2. The van der Waals surface area contributed by atoms with Gasteiger partial charge in [0.25, 0.3) is 11.8 Å². The number of ether oxygens (including phenoxy) is 2. The lowest BCUT2D eigenvalue weighted by atomic mass is 9.87. The van der Waals surface area contributed by atoms with Crippen LogP contribution in [0.25, 0.3) is 10.8 Å². The molecule has 58 heavy (non-hydrogen) atoms. The van der Waals surface area contributed by atoms with Crippen LogP contribution in [0, 0.1) is 17.8 Å². The van der Waals surface area contributed by atoms with E-state index in [0.29, 0.717) is 48.3 Å². The van der Waals surface area contributed by atoms with E-state index in [4.69, 9.17) is 9.47 Å². The van der Waals surface area contributed by atoms with Gasteiger partial charge in [-0.15, -0.1) is 0 Å². The zero-order valence-corrected chi connectivity index (χ0v) is 34.8. The van der Waals surface area contributed by atoms with Crippen molar-refractivity contribution in [2.45, 2.75) is 94.2 Å². The first-order valence-corrected chi connectivity index (χ1v) is 21.6. The fourth-order valence-corrected chi connectivity index (χ4v) is 9.55. The minimum atomic E-state index is -4.00. The summed E-state index contributed by atoms with van der Waals surface area (Å²) in [5.41, 5.74) is -0.224. The van der Waals surface area contributed by atoms with Gasteiger partial charge in [-0.1, -0.05) is 26.0 Å². The van der Waals surface area contributed by atoms with Gasteiger partial charge in [-0.3, -0.25) is 23.9 Å². The number of amides is 4. The summed E-state index contributed by atoms with van der Waals surface area (Å²) in [5, 5.41) is 7.49. The smallest absolute Gasteiger partial charge is 0.259 e. The zero-order valence-electron chi connectivity index (χ0n) is 34.0. The van der Waals surface area contributed by atoms with E-state index < -0.39 is 68.0 Å². The highest BCUT2D eigenvalue weighted by atomic mass is 32.2. The molecule has 4 aliphatic rings. The molecule has 7 rings (SSSR count). The number of carbonyl (C=O) groups is 4. The molecule has 3 aromatic rings. The molecule has 1 saturated heterocycles. The largest absolute Gasteiger partial charge is 0.497 e. The molecule has 7 atom stereocenters. The van der Waals surface area contributed by atoms with E-state index >= 15 is 0 Å². The Bertz CT molecular complexity index is 2220. The van der Waals surface area contributed by atoms with Crippen molar-refractivity contribution in [1.82, 2.24) is 25.2 Å². The summed E-state index contributed by atoms with van der Waals surface area (Å²) in [6.07, 6.45) is 7.98. The zero-order chi connectivity index (χ0) is 41.6. The Hall–Kier alpha value is -5.18. The summed E-state index contributed by atoms with van der Waals surface area (Å²) >= 11 is 0. The Labute approximate surface area is 340 Å². The summed E-state index contributed by atoms with van der Waals surface area (Å²) in [6.45, 7) is 5.63. The van der Waals surface area contributed by atoms with E-state index in [2.05, 4.69) is 27.3 Å². The second kappa shape index (κ2) is 15.9. The number of methoxy groups -OCH3 is 1. The topological polar surface area (TPSA) is 176 Å². The first kappa shape index (κ1) is 41.0. The number of allylic oxidation sites excluding steroid dienone is 1. The fraction of sp³-hybridized carbons (Fsp3) is 0.512. The maximum atomic E-state index is 15.0. The molecule has 2 aliphatic heterocycles. The molecule has 310 valence electrons. The van der Waals surface area contributed by atoms with Gasteiger partial charge in [0, 0.05) is 49.3 Å². The monoisotopic (exact) mass is 814 g/mol. The van der Waals surface area contributed by atoms with E-state index in [9.17, 15) is 27.6 Å². The molecular formula is C43H54N6O8S. The van der Waals surface area contributed by atoms with Crippen LogP contribution in [-0.2, 0) is 24.4 Å². The second-order valence-electron chi connectivity index (χ2n) is 17.1. The molecule has 2 aromatic carbocycles. The van der Waals surface area contributed by atoms with Crippen LogP contribution in [0.15, 0.2) is 66.9 Å². The average Bonchev–Trinajstić information content (AvgIpc) is 4.08. The number of rotatable bonds is 9. The van der Waals surface area contributed by atoms with Gasteiger partial charge in [0.2, 0.25) is 27.7 Å². The summed E-state index contributed by atoms with van der Waals surface area (Å²) in [7, 11) is 1.40. The van der Waals surface area contributed by atoms with Gasteiger partial charge in [-0.25, -0.2) is 13.4 Å². The van der Waals surface area contributed by atoms with Gasteiger partial charge in [-0.2, -0.15) is 0 Å². The molecular weight excluding hydrogens is 761 g/mol. The van der Waals surface area contributed by atoms with Crippen LogP contribution in [0.3, 0.4) is 0 Å². The predicted octanol–water partition coefficient (Wildman–Crippen LogP) is 4.34. The third-order valence-electron chi connectivity index (χ3n) is 12.4. The van der Waals surface area contributed by atoms with Crippen LogP contribution in [0.4, 0.5) is 5.69 Å². The van der Waals surface area contributed by atoms with Gasteiger partial charge in [0.05, 0.1) is 18.4 Å². The fourth-order valence-electron chi connectivity index (χ4n) is 8.24. The van der Waals surface area contributed by atoms with Crippen molar-refractivity contribution in [3.63, 3.8) is 0 Å². The molecule has 2 aliphatic carbocycles. The maximum Gasteiger partial charge on any atom is 0.259 e. The highest BCUT2D eigenvalue weighted by Gasteiger charge is 2.63. The van der Waals surface area contributed by atoms with Crippen molar-refractivity contribution in [2.24, 2.45) is 17.8 Å². The van der Waals surface area contributed by atoms with Crippen molar-refractivity contribution < 1.29 is 37.1 Å². The number of hydrogen-bond donors (Lipinski definition) is 3. The number of sulfonamides is 1. The summed E-state index contributed by atoms with van der Waals surface area (Å²) in [4.78, 5) is 65.3. The lowest BCUT2D eigenvalue weighted by molar-refractivity contribution is -0.142. The maximum absolute atomic E-state index is 15.0. The van der Waals surface area contributed by atoms with Gasteiger partial charge >= 0.3 is 0 Å². The highest BCUT2D eigenvalue weighted by molar-refractivity contribution is 7.91. The molecule has 0 unspecified atom stereocenters. The van der Waals surface area contributed by atoms with Crippen LogP contribution in [0.1, 0.15) is 76.1 Å². The molecule has 2 saturated carbocycles. The van der Waals surface area contributed by atoms with Gasteiger partial charge in [0.15, 0.2) is 0 Å². The van der Waals surface area contributed by atoms with Gasteiger partial charge < -0.3 is 29.9 Å². The Morgan fingerprint density at radius 2 is 1.78 bits per heavy atom. The molecule has 4 amide bonds. The van der Waals surface area contributed by atoms with E-state index in [-0.39, 0.29) is 31.2 Å². The standard InChI is InChI=1S/C43H54N6O8S/c1-26-9-7-8-10-30-24-43(30,41(53)47-58(54,55)42(3)18-19-42)46-38(51)35-23-33(57-39-34-16-15-32(56-6)22-29(34)17-20-44-39)25-49(35)40(52)36(27(2)21-26)45-37(50)28-11-13-31(14-12-28)48(4)5/h8,10-17,20,22,26-27,30,33,35-36H,7,9,18-19,21,23-25H2,1-6H3,(H,45,50)(H,46,51)(H,47,53)/t26-,27-,30-,33-,35+,36+,43-/m1/s1. The Kier molecular flexibility index (Phi) is 11.2. The molecule has 1 aromatic heterocycles. The average molecular weight is 815 g/mol. The molecule has 0 spiro atoms. The van der Waals surface area contributed by atoms with Crippen molar-refractivity contribution in [1.29, 1.82) is 0 Å². The second-order valence-corrected chi connectivity index (χ2v) is 19.3. The molecule has 15 heteroatoms. The predicted molar refractivity (Wildman–Crippen MR) is 220 cm³/mol. The number of aromatic nitrogens is 1. The molecule has 0 bridgehead atoms. The third-order valence-corrected chi connectivity index (χ3v) is 14.6. The molecule has 3 heterocycles. The molecule has 3 N–H and O–H groups in total. The number of fused-ring (bicyclic) bond motifs is 3. The van der Waals surface area contributed by atoms with Gasteiger partial charge in [-0.05, 0) is 111 Å². The van der Waals surface area contributed by atoms with Crippen molar-refractivity contribution in [3.8, 4) is 11.6 Å².